The molecule has 120 valence electrons. The van der Waals surface area contributed by atoms with Gasteiger partial charge in [0.1, 0.15) is 0 Å². The molecule has 1 aromatic rings. The van der Waals surface area contributed by atoms with Crippen molar-refractivity contribution in [2.45, 2.75) is 38.8 Å². The minimum Gasteiger partial charge on any atom is -0.490 e. The van der Waals surface area contributed by atoms with Crippen molar-refractivity contribution in [3.8, 4) is 11.5 Å². The smallest absolute Gasteiger partial charge is 0.251 e. The number of ether oxygens (including phenoxy) is 2. The highest BCUT2D eigenvalue weighted by Gasteiger charge is 2.26. The highest BCUT2D eigenvalue weighted by Crippen LogP contribution is 2.30. The van der Waals surface area contributed by atoms with E-state index < -0.39 is 0 Å². The van der Waals surface area contributed by atoms with E-state index in [0.717, 1.165) is 31.7 Å². The summed E-state index contributed by atoms with van der Waals surface area (Å²) in [6.45, 7) is 7.63. The lowest BCUT2D eigenvalue weighted by atomic mass is 10.1. The van der Waals surface area contributed by atoms with Crippen LogP contribution in [0.5, 0.6) is 11.5 Å². The fourth-order valence-electron chi connectivity index (χ4n) is 2.95. The van der Waals surface area contributed by atoms with Gasteiger partial charge in [0.25, 0.3) is 5.91 Å². The molecule has 5 nitrogen and oxygen atoms in total. The minimum absolute atomic E-state index is 0.0359. The molecule has 1 aromatic carbocycles. The zero-order chi connectivity index (χ0) is 15.5. The molecule has 0 spiro atoms. The van der Waals surface area contributed by atoms with Gasteiger partial charge < -0.3 is 14.8 Å². The zero-order valence-electron chi connectivity index (χ0n) is 13.3. The summed E-state index contributed by atoms with van der Waals surface area (Å²) in [7, 11) is 0. The Morgan fingerprint density at radius 2 is 2.05 bits per heavy atom. The second-order valence-electron chi connectivity index (χ2n) is 6.26. The Labute approximate surface area is 131 Å². The fourth-order valence-corrected chi connectivity index (χ4v) is 2.95. The van der Waals surface area contributed by atoms with Crippen molar-refractivity contribution in [1.82, 2.24) is 10.2 Å². The molecular formula is C17H24N2O3. The molecule has 1 fully saturated rings. The first kappa shape index (κ1) is 15.2. The summed E-state index contributed by atoms with van der Waals surface area (Å²) in [5.41, 5.74) is 0.632. The van der Waals surface area contributed by atoms with E-state index in [1.165, 1.54) is 0 Å². The van der Waals surface area contributed by atoms with Crippen molar-refractivity contribution in [3.05, 3.63) is 23.8 Å². The van der Waals surface area contributed by atoms with Crippen molar-refractivity contribution in [3.63, 3.8) is 0 Å². The summed E-state index contributed by atoms with van der Waals surface area (Å²) < 4.78 is 11.2. The summed E-state index contributed by atoms with van der Waals surface area (Å²) in [5, 5.41) is 3.13. The summed E-state index contributed by atoms with van der Waals surface area (Å²) >= 11 is 0. The van der Waals surface area contributed by atoms with Crippen LogP contribution in [0.15, 0.2) is 18.2 Å². The van der Waals surface area contributed by atoms with Gasteiger partial charge >= 0.3 is 0 Å². The van der Waals surface area contributed by atoms with E-state index in [4.69, 9.17) is 9.47 Å². The Balaban J connectivity index is 1.64. The number of rotatable bonds is 3. The Hall–Kier alpha value is -1.75. The van der Waals surface area contributed by atoms with Crippen molar-refractivity contribution < 1.29 is 14.3 Å². The Morgan fingerprint density at radius 1 is 1.27 bits per heavy atom. The number of nitrogens with one attached hydrogen (secondary N) is 1. The molecule has 1 amide bonds. The Kier molecular flexibility index (Phi) is 4.52. The number of fused-ring (bicyclic) bond motifs is 1. The standard InChI is InChI=1S/C17H24N2O3/c1-12(2)19-7-6-14(11-19)18-17(20)13-4-5-15-16(10-13)22-9-3-8-21-15/h4-5,10,12,14H,3,6-9,11H2,1-2H3,(H,18,20)/t14-/m1/s1. The maximum absolute atomic E-state index is 12.4. The average Bonchev–Trinajstić information content (AvgIpc) is 2.84. The quantitative estimate of drug-likeness (QED) is 0.929. The van der Waals surface area contributed by atoms with Crippen LogP contribution < -0.4 is 14.8 Å². The predicted octanol–water partition coefficient (Wildman–Crippen LogP) is 2.06. The second kappa shape index (κ2) is 6.57. The third-order valence-corrected chi connectivity index (χ3v) is 4.29. The lowest BCUT2D eigenvalue weighted by Gasteiger charge is -2.20. The first-order valence-electron chi connectivity index (χ1n) is 8.08. The van der Waals surface area contributed by atoms with Gasteiger partial charge in [-0.05, 0) is 38.5 Å². The van der Waals surface area contributed by atoms with E-state index in [2.05, 4.69) is 24.1 Å². The SMILES string of the molecule is CC(C)N1CC[C@@H](NC(=O)c2ccc3c(c2)OCCCO3)C1. The van der Waals surface area contributed by atoms with Crippen LogP contribution in [0, 0.1) is 0 Å². The number of amides is 1. The number of carbonyl (C=O) groups excluding carboxylic acids is 1. The Morgan fingerprint density at radius 3 is 2.77 bits per heavy atom. The van der Waals surface area contributed by atoms with Gasteiger partial charge in [-0.1, -0.05) is 0 Å². The van der Waals surface area contributed by atoms with Crippen LogP contribution in [0.25, 0.3) is 0 Å². The normalized spacial score (nSPS) is 21.7. The van der Waals surface area contributed by atoms with Gasteiger partial charge in [-0.3, -0.25) is 9.69 Å². The predicted molar refractivity (Wildman–Crippen MR) is 84.6 cm³/mol. The van der Waals surface area contributed by atoms with Crippen LogP contribution in [0.3, 0.4) is 0 Å². The van der Waals surface area contributed by atoms with Crippen molar-refractivity contribution >= 4 is 5.91 Å². The van der Waals surface area contributed by atoms with Crippen LogP contribution in [0.2, 0.25) is 0 Å². The highest BCUT2D eigenvalue weighted by molar-refractivity contribution is 5.95. The Bertz CT molecular complexity index is 545. The van der Waals surface area contributed by atoms with Gasteiger partial charge in [0.2, 0.25) is 0 Å². The topological polar surface area (TPSA) is 50.8 Å². The molecule has 2 heterocycles. The molecule has 1 atom stereocenters. The van der Waals surface area contributed by atoms with Gasteiger partial charge in [0.05, 0.1) is 13.2 Å². The van der Waals surface area contributed by atoms with Crippen molar-refractivity contribution in [2.24, 2.45) is 0 Å². The first-order valence-corrected chi connectivity index (χ1v) is 8.08. The zero-order valence-corrected chi connectivity index (χ0v) is 13.3. The maximum atomic E-state index is 12.4. The van der Waals surface area contributed by atoms with E-state index in [0.29, 0.717) is 30.6 Å². The van der Waals surface area contributed by atoms with Crippen LogP contribution in [-0.2, 0) is 0 Å². The van der Waals surface area contributed by atoms with Crippen LogP contribution in [0.1, 0.15) is 37.0 Å². The molecule has 2 aliphatic heterocycles. The summed E-state index contributed by atoms with van der Waals surface area (Å²) in [6, 6.07) is 6.17. The van der Waals surface area contributed by atoms with E-state index in [9.17, 15) is 4.79 Å². The van der Waals surface area contributed by atoms with Gasteiger partial charge in [-0.15, -0.1) is 0 Å². The third kappa shape index (κ3) is 3.35. The van der Waals surface area contributed by atoms with Gasteiger partial charge in [0.15, 0.2) is 11.5 Å². The fraction of sp³-hybridized carbons (Fsp3) is 0.588. The molecular weight excluding hydrogens is 280 g/mol. The summed E-state index contributed by atoms with van der Waals surface area (Å²) in [5.74, 6) is 1.35. The molecule has 0 bridgehead atoms. The number of carbonyl (C=O) groups is 1. The number of nitrogens with zero attached hydrogens (tertiary/aromatic N) is 1. The second-order valence-corrected chi connectivity index (χ2v) is 6.26. The molecule has 0 saturated carbocycles. The highest BCUT2D eigenvalue weighted by atomic mass is 16.5. The molecule has 0 aromatic heterocycles. The first-order chi connectivity index (χ1) is 10.6. The molecule has 22 heavy (non-hydrogen) atoms. The molecule has 3 rings (SSSR count). The molecule has 0 aliphatic carbocycles. The van der Waals surface area contributed by atoms with Crippen LogP contribution in [-0.4, -0.2) is 49.2 Å². The number of hydrogen-bond acceptors (Lipinski definition) is 4. The summed E-state index contributed by atoms with van der Waals surface area (Å²) in [4.78, 5) is 14.8. The lowest BCUT2D eigenvalue weighted by molar-refractivity contribution is 0.0936. The average molecular weight is 304 g/mol. The number of hydrogen-bond donors (Lipinski definition) is 1. The van der Waals surface area contributed by atoms with Gasteiger partial charge in [-0.2, -0.15) is 0 Å². The molecule has 5 heteroatoms. The number of benzene rings is 1. The van der Waals surface area contributed by atoms with E-state index in [1.54, 1.807) is 12.1 Å². The van der Waals surface area contributed by atoms with Crippen molar-refractivity contribution in [1.29, 1.82) is 0 Å². The largest absolute Gasteiger partial charge is 0.490 e. The molecule has 2 aliphatic rings. The lowest BCUT2D eigenvalue weighted by Crippen LogP contribution is -2.38. The van der Waals surface area contributed by atoms with E-state index in [1.807, 2.05) is 6.07 Å². The van der Waals surface area contributed by atoms with Crippen LogP contribution in [0.4, 0.5) is 0 Å². The van der Waals surface area contributed by atoms with Crippen molar-refractivity contribution in [2.75, 3.05) is 26.3 Å². The molecule has 0 unspecified atom stereocenters. The third-order valence-electron chi connectivity index (χ3n) is 4.29. The van der Waals surface area contributed by atoms with E-state index >= 15 is 0 Å². The summed E-state index contributed by atoms with van der Waals surface area (Å²) in [6.07, 6.45) is 1.87. The minimum atomic E-state index is -0.0359. The van der Waals surface area contributed by atoms with Crippen LogP contribution >= 0.6 is 0 Å². The number of likely N-dealkylation sites (tertiary alicyclic amines) is 1. The monoisotopic (exact) mass is 304 g/mol. The molecule has 1 saturated heterocycles. The molecule has 1 N–H and O–H groups in total. The van der Waals surface area contributed by atoms with Gasteiger partial charge in [0, 0.05) is 37.2 Å². The molecule has 0 radical (unpaired) electrons. The van der Waals surface area contributed by atoms with Gasteiger partial charge in [-0.25, -0.2) is 0 Å². The van der Waals surface area contributed by atoms with E-state index in [-0.39, 0.29) is 11.9 Å². The maximum Gasteiger partial charge on any atom is 0.251 e.